The second-order valence-corrected chi connectivity index (χ2v) is 3.13. The molecule has 0 amide bonds. The third-order valence-corrected chi connectivity index (χ3v) is 1.92. The largest absolute Gasteiger partial charge is 0.441 e. The summed E-state index contributed by atoms with van der Waals surface area (Å²) >= 11 is 2.32. The number of nitrogens with one attached hydrogen (secondary N) is 1. The smallest absolute Gasteiger partial charge is 0.277 e. The van der Waals surface area contributed by atoms with E-state index in [0.29, 0.717) is 5.69 Å². The molecule has 6 heteroatoms. The molecule has 0 saturated heterocycles. The quantitative estimate of drug-likeness (QED) is 0.644. The van der Waals surface area contributed by atoms with Gasteiger partial charge in [-0.2, -0.15) is 18.3 Å². The van der Waals surface area contributed by atoms with E-state index in [4.69, 9.17) is 0 Å². The molecular weight excluding hydrogens is 261 g/mol. The molecule has 0 atom stereocenters. The zero-order chi connectivity index (χ0) is 10.6. The molecule has 76 valence electrons. The van der Waals surface area contributed by atoms with Crippen LogP contribution < -0.4 is 5.43 Å². The Morgan fingerprint density at radius 2 is 1.79 bits per heavy atom. The van der Waals surface area contributed by atoms with Crippen molar-refractivity contribution < 1.29 is 13.2 Å². The summed E-state index contributed by atoms with van der Waals surface area (Å²) in [5, 5.41) is 3.12. The second-order valence-electron chi connectivity index (χ2n) is 2.38. The van der Waals surface area contributed by atoms with Crippen LogP contribution in [-0.2, 0) is 0 Å². The van der Waals surface area contributed by atoms with Gasteiger partial charge in [0, 0.05) is 0 Å². The normalized spacial score (nSPS) is 12.7. The standard InChI is InChI=1S/C8H6BrF3N2/c9-7(8(10,11)12)14-13-6-4-2-1-3-5-6/h1-5,13H/b14-7+. The summed E-state index contributed by atoms with van der Waals surface area (Å²) in [5.74, 6) is 0. The highest BCUT2D eigenvalue weighted by Gasteiger charge is 2.34. The summed E-state index contributed by atoms with van der Waals surface area (Å²) in [4.78, 5) is 0. The molecule has 0 heterocycles. The predicted molar refractivity (Wildman–Crippen MR) is 52.5 cm³/mol. The lowest BCUT2D eigenvalue weighted by atomic mass is 10.3. The summed E-state index contributed by atoms with van der Waals surface area (Å²) in [7, 11) is 0. The van der Waals surface area contributed by atoms with E-state index in [1.165, 1.54) is 0 Å². The van der Waals surface area contributed by atoms with Crippen molar-refractivity contribution in [2.45, 2.75) is 6.18 Å². The first kappa shape index (κ1) is 11.0. The number of alkyl halides is 3. The van der Waals surface area contributed by atoms with Crippen LogP contribution in [0.4, 0.5) is 18.9 Å². The van der Waals surface area contributed by atoms with E-state index in [1.807, 2.05) is 0 Å². The summed E-state index contributed by atoms with van der Waals surface area (Å²) < 4.78 is 34.7. The van der Waals surface area contributed by atoms with Gasteiger partial charge in [0.05, 0.1) is 5.69 Å². The van der Waals surface area contributed by atoms with Gasteiger partial charge in [-0.15, -0.1) is 0 Å². The lowest BCUT2D eigenvalue weighted by molar-refractivity contribution is -0.0551. The van der Waals surface area contributed by atoms with Gasteiger partial charge in [-0.3, -0.25) is 5.43 Å². The number of benzene rings is 1. The van der Waals surface area contributed by atoms with Gasteiger partial charge in [0.25, 0.3) is 0 Å². The molecule has 0 aromatic heterocycles. The Kier molecular flexibility index (Phi) is 3.51. The monoisotopic (exact) mass is 266 g/mol. The SMILES string of the molecule is FC(F)(F)/C(Br)=N\Nc1ccccc1. The van der Waals surface area contributed by atoms with Gasteiger partial charge >= 0.3 is 6.18 Å². The third kappa shape index (κ3) is 3.37. The van der Waals surface area contributed by atoms with Crippen molar-refractivity contribution in [1.82, 2.24) is 0 Å². The van der Waals surface area contributed by atoms with E-state index in [2.05, 4.69) is 26.5 Å². The Morgan fingerprint density at radius 1 is 1.21 bits per heavy atom. The van der Waals surface area contributed by atoms with Crippen LogP contribution in [0, 0.1) is 0 Å². The first-order valence-electron chi connectivity index (χ1n) is 3.61. The van der Waals surface area contributed by atoms with Crippen molar-refractivity contribution in [2.24, 2.45) is 5.10 Å². The van der Waals surface area contributed by atoms with Crippen molar-refractivity contribution >= 4 is 26.2 Å². The van der Waals surface area contributed by atoms with E-state index >= 15 is 0 Å². The van der Waals surface area contributed by atoms with Crippen LogP contribution in [0.5, 0.6) is 0 Å². The van der Waals surface area contributed by atoms with Crippen LogP contribution >= 0.6 is 15.9 Å². The molecule has 0 saturated carbocycles. The number of hydrogen-bond donors (Lipinski definition) is 1. The number of hydrogen-bond acceptors (Lipinski definition) is 2. The molecule has 1 N–H and O–H groups in total. The Hall–Kier alpha value is -1.04. The number of para-hydroxylation sites is 1. The average molecular weight is 267 g/mol. The second kappa shape index (κ2) is 4.45. The minimum Gasteiger partial charge on any atom is -0.277 e. The van der Waals surface area contributed by atoms with Gasteiger partial charge in [0.15, 0.2) is 0 Å². The van der Waals surface area contributed by atoms with E-state index in [0.717, 1.165) is 0 Å². The molecule has 0 spiro atoms. The maximum Gasteiger partial charge on any atom is 0.441 e. The minimum atomic E-state index is -4.46. The van der Waals surface area contributed by atoms with Crippen LogP contribution in [0.2, 0.25) is 0 Å². The van der Waals surface area contributed by atoms with Crippen LogP contribution in [0.1, 0.15) is 0 Å². The molecule has 0 unspecified atom stereocenters. The highest BCUT2D eigenvalue weighted by molar-refractivity contribution is 9.18. The number of nitrogens with zero attached hydrogens (tertiary/aromatic N) is 1. The zero-order valence-corrected chi connectivity index (χ0v) is 8.43. The van der Waals surface area contributed by atoms with Crippen molar-refractivity contribution in [3.05, 3.63) is 30.3 Å². The molecule has 2 nitrogen and oxygen atoms in total. The van der Waals surface area contributed by atoms with Gasteiger partial charge in [0.1, 0.15) is 0 Å². The van der Waals surface area contributed by atoms with Crippen LogP contribution in [-0.4, -0.2) is 10.8 Å². The van der Waals surface area contributed by atoms with Crippen LogP contribution in [0.15, 0.2) is 35.4 Å². The molecule has 0 radical (unpaired) electrons. The van der Waals surface area contributed by atoms with Gasteiger partial charge < -0.3 is 0 Å². The van der Waals surface area contributed by atoms with Gasteiger partial charge in [-0.05, 0) is 28.1 Å². The minimum absolute atomic E-state index is 0.494. The van der Waals surface area contributed by atoms with Gasteiger partial charge in [0.2, 0.25) is 4.62 Å². The Morgan fingerprint density at radius 3 is 2.29 bits per heavy atom. The number of halogens is 4. The van der Waals surface area contributed by atoms with Crippen LogP contribution in [0.25, 0.3) is 0 Å². The zero-order valence-electron chi connectivity index (χ0n) is 6.85. The van der Waals surface area contributed by atoms with E-state index < -0.39 is 10.8 Å². The highest BCUT2D eigenvalue weighted by Crippen LogP contribution is 2.21. The van der Waals surface area contributed by atoms with Gasteiger partial charge in [-0.1, -0.05) is 18.2 Å². The van der Waals surface area contributed by atoms with Gasteiger partial charge in [-0.25, -0.2) is 0 Å². The molecule has 1 aromatic carbocycles. The molecule has 1 aromatic rings. The fourth-order valence-electron chi connectivity index (χ4n) is 0.690. The van der Waals surface area contributed by atoms with E-state index in [-0.39, 0.29) is 0 Å². The van der Waals surface area contributed by atoms with Crippen molar-refractivity contribution in [1.29, 1.82) is 0 Å². The summed E-state index contributed by atoms with van der Waals surface area (Å²) in [6, 6.07) is 8.37. The maximum absolute atomic E-state index is 11.9. The summed E-state index contributed by atoms with van der Waals surface area (Å²) in [5.41, 5.74) is 2.77. The topological polar surface area (TPSA) is 24.4 Å². The predicted octanol–water partition coefficient (Wildman–Crippen LogP) is 3.37. The number of rotatable bonds is 2. The number of anilines is 1. The molecule has 0 aliphatic rings. The fraction of sp³-hybridized carbons (Fsp3) is 0.125. The maximum atomic E-state index is 11.9. The summed E-state index contributed by atoms with van der Waals surface area (Å²) in [6.45, 7) is 0. The Bertz CT molecular complexity index is 321. The fourth-order valence-corrected chi connectivity index (χ4v) is 0.778. The first-order valence-corrected chi connectivity index (χ1v) is 4.41. The molecule has 1 rings (SSSR count). The van der Waals surface area contributed by atoms with Crippen molar-refractivity contribution in [3.8, 4) is 0 Å². The molecule has 14 heavy (non-hydrogen) atoms. The lowest BCUT2D eigenvalue weighted by Crippen LogP contribution is -2.17. The number of hydrazone groups is 1. The Balaban J connectivity index is 2.65. The molecule has 0 fully saturated rings. The van der Waals surface area contributed by atoms with E-state index in [1.54, 1.807) is 30.3 Å². The van der Waals surface area contributed by atoms with Crippen molar-refractivity contribution in [2.75, 3.05) is 5.43 Å². The highest BCUT2D eigenvalue weighted by atomic mass is 79.9. The van der Waals surface area contributed by atoms with E-state index in [9.17, 15) is 13.2 Å². The lowest BCUT2D eigenvalue weighted by Gasteiger charge is -2.04. The molecule has 0 bridgehead atoms. The molecule has 0 aliphatic heterocycles. The third-order valence-electron chi connectivity index (χ3n) is 1.29. The van der Waals surface area contributed by atoms with Crippen LogP contribution in [0.3, 0.4) is 0 Å². The average Bonchev–Trinajstić information content (AvgIpc) is 2.14. The summed E-state index contributed by atoms with van der Waals surface area (Å²) in [6.07, 6.45) is -4.46. The Labute approximate surface area is 86.9 Å². The molecular formula is C8H6BrF3N2. The first-order chi connectivity index (χ1) is 6.50. The van der Waals surface area contributed by atoms with Crippen molar-refractivity contribution in [3.63, 3.8) is 0 Å². The molecule has 0 aliphatic carbocycles.